The summed E-state index contributed by atoms with van der Waals surface area (Å²) in [6.07, 6.45) is 0. The fraction of sp³-hybridized carbons (Fsp3) is 0.231. The van der Waals surface area contributed by atoms with Gasteiger partial charge < -0.3 is 10.6 Å². The third-order valence-electron chi connectivity index (χ3n) is 2.71. The van der Waals surface area contributed by atoms with E-state index < -0.39 is 0 Å². The lowest BCUT2D eigenvalue weighted by atomic mass is 10.2. The molecule has 1 amide bonds. The van der Waals surface area contributed by atoms with Crippen LogP contribution in [0.1, 0.15) is 23.0 Å². The van der Waals surface area contributed by atoms with Crippen LogP contribution in [0.5, 0.6) is 0 Å². The van der Waals surface area contributed by atoms with Gasteiger partial charge in [0, 0.05) is 19.2 Å². The summed E-state index contributed by atoms with van der Waals surface area (Å²) in [6.45, 7) is 3.16. The molecule has 0 aliphatic carbocycles. The lowest BCUT2D eigenvalue weighted by Gasteiger charge is -2.20. The first-order chi connectivity index (χ1) is 8.70. The Kier molecular flexibility index (Phi) is 3.62. The van der Waals surface area contributed by atoms with Crippen LogP contribution in [-0.2, 0) is 6.54 Å². The van der Waals surface area contributed by atoms with Gasteiger partial charge in [-0.3, -0.25) is 9.89 Å². The van der Waals surface area contributed by atoms with Gasteiger partial charge in [0.05, 0.1) is 0 Å². The second-order valence-corrected chi connectivity index (χ2v) is 4.01. The first-order valence-electron chi connectivity index (χ1n) is 5.84. The highest BCUT2D eigenvalue weighted by atomic mass is 16.2. The van der Waals surface area contributed by atoms with Gasteiger partial charge >= 0.3 is 0 Å². The van der Waals surface area contributed by atoms with Gasteiger partial charge in [-0.1, -0.05) is 30.3 Å². The first-order valence-corrected chi connectivity index (χ1v) is 5.84. The smallest absolute Gasteiger partial charge is 0.272 e. The molecule has 1 aromatic carbocycles. The Balaban J connectivity index is 2.12. The zero-order chi connectivity index (χ0) is 13.0. The number of nitrogens with two attached hydrogens (primary N) is 1. The molecule has 0 saturated heterocycles. The molecular formula is C13H16N4O. The molecule has 0 fully saturated rings. The first kappa shape index (κ1) is 12.2. The summed E-state index contributed by atoms with van der Waals surface area (Å²) in [6, 6.07) is 11.4. The molecule has 5 heteroatoms. The summed E-state index contributed by atoms with van der Waals surface area (Å²) in [5, 5.41) is 6.41. The van der Waals surface area contributed by atoms with Crippen molar-refractivity contribution < 1.29 is 4.79 Å². The zero-order valence-electron chi connectivity index (χ0n) is 10.3. The average molecular weight is 244 g/mol. The SMILES string of the molecule is CCN(Cc1ccccc1)C(=O)c1cc(N)n[nH]1. The van der Waals surface area contributed by atoms with Gasteiger partial charge in [0.2, 0.25) is 0 Å². The number of nitrogen functional groups attached to an aromatic ring is 1. The van der Waals surface area contributed by atoms with Crippen LogP contribution in [0.15, 0.2) is 36.4 Å². The highest BCUT2D eigenvalue weighted by Gasteiger charge is 2.16. The maximum atomic E-state index is 12.2. The molecule has 94 valence electrons. The number of hydrogen-bond acceptors (Lipinski definition) is 3. The minimum Gasteiger partial charge on any atom is -0.382 e. The zero-order valence-corrected chi connectivity index (χ0v) is 10.3. The van der Waals surface area contributed by atoms with E-state index >= 15 is 0 Å². The van der Waals surface area contributed by atoms with E-state index in [0.29, 0.717) is 24.6 Å². The minimum atomic E-state index is -0.0921. The molecule has 0 bridgehead atoms. The molecule has 2 rings (SSSR count). The van der Waals surface area contributed by atoms with E-state index in [0.717, 1.165) is 5.56 Å². The van der Waals surface area contributed by atoms with Crippen LogP contribution < -0.4 is 5.73 Å². The molecule has 0 unspecified atom stereocenters. The molecule has 5 nitrogen and oxygen atoms in total. The minimum absolute atomic E-state index is 0.0921. The predicted molar refractivity (Wildman–Crippen MR) is 69.9 cm³/mol. The molecule has 0 saturated carbocycles. The van der Waals surface area contributed by atoms with Gasteiger partial charge in [-0.2, -0.15) is 5.10 Å². The van der Waals surface area contributed by atoms with Crippen LogP contribution in [0.2, 0.25) is 0 Å². The highest BCUT2D eigenvalue weighted by molar-refractivity contribution is 5.92. The van der Waals surface area contributed by atoms with Crippen molar-refractivity contribution in [1.29, 1.82) is 0 Å². The maximum absolute atomic E-state index is 12.2. The summed E-state index contributed by atoms with van der Waals surface area (Å²) in [7, 11) is 0. The molecular weight excluding hydrogens is 228 g/mol. The Morgan fingerprint density at radius 3 is 2.67 bits per heavy atom. The summed E-state index contributed by atoms with van der Waals surface area (Å²) < 4.78 is 0. The summed E-state index contributed by atoms with van der Waals surface area (Å²) >= 11 is 0. The number of nitrogens with one attached hydrogen (secondary N) is 1. The third kappa shape index (κ3) is 2.68. The summed E-state index contributed by atoms with van der Waals surface area (Å²) in [5.74, 6) is 0.236. The molecule has 1 heterocycles. The molecule has 1 aromatic heterocycles. The molecule has 0 spiro atoms. The van der Waals surface area contributed by atoms with Crippen molar-refractivity contribution >= 4 is 11.7 Å². The van der Waals surface area contributed by atoms with E-state index in [-0.39, 0.29) is 5.91 Å². The van der Waals surface area contributed by atoms with Crippen LogP contribution in [-0.4, -0.2) is 27.5 Å². The number of aromatic nitrogens is 2. The van der Waals surface area contributed by atoms with Crippen molar-refractivity contribution in [2.24, 2.45) is 0 Å². The molecule has 0 radical (unpaired) electrons. The van der Waals surface area contributed by atoms with Crippen molar-refractivity contribution in [2.75, 3.05) is 12.3 Å². The fourth-order valence-corrected chi connectivity index (χ4v) is 1.75. The lowest BCUT2D eigenvalue weighted by molar-refractivity contribution is 0.0746. The Bertz CT molecular complexity index is 521. The van der Waals surface area contributed by atoms with E-state index in [4.69, 9.17) is 5.73 Å². The Morgan fingerprint density at radius 2 is 2.11 bits per heavy atom. The van der Waals surface area contributed by atoms with E-state index in [1.807, 2.05) is 37.3 Å². The fourth-order valence-electron chi connectivity index (χ4n) is 1.75. The Morgan fingerprint density at radius 1 is 1.39 bits per heavy atom. The predicted octanol–water partition coefficient (Wildman–Crippen LogP) is 1.65. The third-order valence-corrected chi connectivity index (χ3v) is 2.71. The molecule has 3 N–H and O–H groups in total. The number of carbonyl (C=O) groups is 1. The van der Waals surface area contributed by atoms with E-state index in [1.54, 1.807) is 11.0 Å². The number of hydrogen-bond donors (Lipinski definition) is 2. The molecule has 2 aromatic rings. The standard InChI is InChI=1S/C13H16N4O/c1-2-17(9-10-6-4-3-5-7-10)13(18)11-8-12(14)16-15-11/h3-8H,2,9H2,1H3,(H3,14,15,16). The van der Waals surface area contributed by atoms with Gasteiger partial charge in [0.1, 0.15) is 11.5 Å². The molecule has 0 aliphatic rings. The maximum Gasteiger partial charge on any atom is 0.272 e. The van der Waals surface area contributed by atoms with Gasteiger partial charge in [0.15, 0.2) is 0 Å². The van der Waals surface area contributed by atoms with Gasteiger partial charge in [-0.15, -0.1) is 0 Å². The molecule has 0 aliphatic heterocycles. The lowest BCUT2D eigenvalue weighted by Crippen LogP contribution is -2.30. The molecule has 18 heavy (non-hydrogen) atoms. The second-order valence-electron chi connectivity index (χ2n) is 4.01. The van der Waals surface area contributed by atoms with E-state index in [9.17, 15) is 4.79 Å². The van der Waals surface area contributed by atoms with E-state index in [2.05, 4.69) is 10.2 Å². The van der Waals surface area contributed by atoms with Gasteiger partial charge in [0.25, 0.3) is 5.91 Å². The van der Waals surface area contributed by atoms with Crippen LogP contribution in [0, 0.1) is 0 Å². The number of aromatic amines is 1. The number of nitrogens with zero attached hydrogens (tertiary/aromatic N) is 2. The monoisotopic (exact) mass is 244 g/mol. The average Bonchev–Trinajstić information content (AvgIpc) is 2.83. The quantitative estimate of drug-likeness (QED) is 0.858. The van der Waals surface area contributed by atoms with Crippen LogP contribution >= 0.6 is 0 Å². The van der Waals surface area contributed by atoms with Crippen molar-refractivity contribution in [3.05, 3.63) is 47.7 Å². The van der Waals surface area contributed by atoms with Crippen molar-refractivity contribution in [1.82, 2.24) is 15.1 Å². The van der Waals surface area contributed by atoms with Crippen LogP contribution in [0.3, 0.4) is 0 Å². The highest BCUT2D eigenvalue weighted by Crippen LogP contribution is 2.09. The topological polar surface area (TPSA) is 75.0 Å². The Labute approximate surface area is 106 Å². The van der Waals surface area contributed by atoms with Gasteiger partial charge in [-0.05, 0) is 12.5 Å². The van der Waals surface area contributed by atoms with Gasteiger partial charge in [-0.25, -0.2) is 0 Å². The van der Waals surface area contributed by atoms with Crippen LogP contribution in [0.25, 0.3) is 0 Å². The number of anilines is 1. The second kappa shape index (κ2) is 5.35. The summed E-state index contributed by atoms with van der Waals surface area (Å²) in [4.78, 5) is 13.9. The number of rotatable bonds is 4. The summed E-state index contributed by atoms with van der Waals surface area (Å²) in [5.41, 5.74) is 7.02. The number of carbonyl (C=O) groups excluding carboxylic acids is 1. The van der Waals surface area contributed by atoms with Crippen molar-refractivity contribution in [3.8, 4) is 0 Å². The number of H-pyrrole nitrogens is 1. The number of benzene rings is 1. The normalized spacial score (nSPS) is 10.3. The van der Waals surface area contributed by atoms with Crippen molar-refractivity contribution in [2.45, 2.75) is 13.5 Å². The largest absolute Gasteiger partial charge is 0.382 e. The van der Waals surface area contributed by atoms with E-state index in [1.165, 1.54) is 0 Å². The molecule has 0 atom stereocenters. The van der Waals surface area contributed by atoms with Crippen molar-refractivity contribution in [3.63, 3.8) is 0 Å². The Hall–Kier alpha value is -2.30. The number of amides is 1. The van der Waals surface area contributed by atoms with Crippen LogP contribution in [0.4, 0.5) is 5.82 Å².